The van der Waals surface area contributed by atoms with Gasteiger partial charge in [-0.3, -0.25) is 4.79 Å². The van der Waals surface area contributed by atoms with Crippen molar-refractivity contribution in [1.82, 2.24) is 5.32 Å². The van der Waals surface area contributed by atoms with Crippen LogP contribution < -0.4 is 15.4 Å². The number of carbonyl (C=O) groups is 2. The van der Waals surface area contributed by atoms with Gasteiger partial charge < -0.3 is 20.2 Å². The molecule has 1 aliphatic heterocycles. The van der Waals surface area contributed by atoms with E-state index in [1.54, 1.807) is 43.5 Å². The van der Waals surface area contributed by atoms with Crippen molar-refractivity contribution in [2.75, 3.05) is 26.0 Å². The Morgan fingerprint density at radius 3 is 2.29 bits per heavy atom. The molecule has 3 aromatic carbocycles. The van der Waals surface area contributed by atoms with Gasteiger partial charge in [0.2, 0.25) is 0 Å². The molecule has 1 saturated heterocycles. The number of hydrogen-bond donors (Lipinski definition) is 2. The average molecular weight is 663 g/mol. The smallest absolute Gasteiger partial charge is 0.159 e. The Morgan fingerprint density at radius 2 is 1.78 bits per heavy atom. The second-order valence-electron chi connectivity index (χ2n) is 11.2. The molecule has 45 heavy (non-hydrogen) atoms. The van der Waals surface area contributed by atoms with Crippen LogP contribution in [-0.4, -0.2) is 39.3 Å². The lowest BCUT2D eigenvalue weighted by Gasteiger charge is -2.37. The molecule has 244 valence electrons. The maximum atomic E-state index is 15.0. The first-order chi connectivity index (χ1) is 21.3. The van der Waals surface area contributed by atoms with Crippen molar-refractivity contribution >= 4 is 41.5 Å². The molecule has 0 amide bonds. The van der Waals surface area contributed by atoms with Crippen LogP contribution >= 0.6 is 23.2 Å². The van der Waals surface area contributed by atoms with E-state index in [1.807, 2.05) is 33.8 Å². The van der Waals surface area contributed by atoms with Gasteiger partial charge in [-0.1, -0.05) is 76.0 Å². The summed E-state index contributed by atoms with van der Waals surface area (Å²) in [5, 5.41) is 16.9. The molecule has 1 aliphatic rings. The molecule has 3 aromatic rings. The fourth-order valence-electron chi connectivity index (χ4n) is 5.35. The highest BCUT2D eigenvalue weighted by Gasteiger charge is 2.55. The zero-order chi connectivity index (χ0) is 34.5. The van der Waals surface area contributed by atoms with E-state index in [2.05, 4.69) is 37.5 Å². The molecule has 3 atom stereocenters. The average Bonchev–Trinajstić information content (AvgIpc) is 3.37. The fourth-order valence-corrected chi connectivity index (χ4v) is 5.69. The molecule has 0 aromatic heterocycles. The normalized spacial score (nSPS) is 18.5. The van der Waals surface area contributed by atoms with Gasteiger partial charge >= 0.3 is 0 Å². The third-order valence-corrected chi connectivity index (χ3v) is 7.81. The number of carbonyl (C=O) groups excluding carboxylic acids is 2. The number of halogens is 4. The minimum atomic E-state index is -1.30. The van der Waals surface area contributed by atoms with Gasteiger partial charge in [-0.15, -0.1) is 0 Å². The summed E-state index contributed by atoms with van der Waals surface area (Å²) < 4.78 is 35.0. The maximum Gasteiger partial charge on any atom is 0.159 e. The maximum absolute atomic E-state index is 15.0. The third kappa shape index (κ3) is 9.49. The van der Waals surface area contributed by atoms with Crippen LogP contribution in [-0.2, 0) is 10.2 Å². The minimum Gasteiger partial charge on any atom is -0.495 e. The summed E-state index contributed by atoms with van der Waals surface area (Å²) in [6, 6.07) is 16.4. The molecule has 1 heterocycles. The summed E-state index contributed by atoms with van der Waals surface area (Å²) in [4.78, 5) is 19.0. The molecule has 10 heteroatoms. The Bertz CT molecular complexity index is 1470. The summed E-state index contributed by atoms with van der Waals surface area (Å²) in [6.45, 7) is 14.1. The van der Waals surface area contributed by atoms with Gasteiger partial charge in [-0.05, 0) is 60.7 Å². The number of nitriles is 1. The highest BCUT2D eigenvalue weighted by molar-refractivity contribution is 6.31. The first kappa shape index (κ1) is 39.5. The quantitative estimate of drug-likeness (QED) is 0.256. The van der Waals surface area contributed by atoms with Crippen molar-refractivity contribution in [1.29, 1.82) is 5.26 Å². The number of methoxy groups -OCH3 is 1. The minimum absolute atomic E-state index is 0.0137. The Balaban J connectivity index is 0.000000499. The lowest BCUT2D eigenvalue weighted by atomic mass is 9.64. The fraction of sp³-hybridized carbons (Fsp3) is 0.400. The molecule has 4 rings (SSSR count). The molecule has 1 fully saturated rings. The van der Waals surface area contributed by atoms with E-state index in [9.17, 15) is 14.4 Å². The molecule has 0 saturated carbocycles. The third-order valence-electron chi connectivity index (χ3n) is 7.28. The topological polar surface area (TPSA) is 91.2 Å². The summed E-state index contributed by atoms with van der Waals surface area (Å²) in [7, 11) is 3.39. The monoisotopic (exact) mass is 661 g/mol. The van der Waals surface area contributed by atoms with Crippen molar-refractivity contribution < 1.29 is 23.1 Å². The molecule has 0 radical (unpaired) electrons. The summed E-state index contributed by atoms with van der Waals surface area (Å²) in [5.74, 6) is -0.999. The van der Waals surface area contributed by atoms with Gasteiger partial charge in [-0.25, -0.2) is 8.78 Å². The number of ether oxygens (including phenoxy) is 1. The van der Waals surface area contributed by atoms with E-state index in [1.165, 1.54) is 19.1 Å². The van der Waals surface area contributed by atoms with E-state index in [-0.39, 0.29) is 32.8 Å². The van der Waals surface area contributed by atoms with Gasteiger partial charge in [0.25, 0.3) is 0 Å². The SMILES string of the molecule is C=O.CC.CC(C)(C)CC1NCC(c2cccc(Cl)c2F)[C@@]1(C#N)c1ccc(Cl)cc1F.CNc1ccc(C(C)=O)cc1OC. The number of nitrogens with zero attached hydrogens (tertiary/aromatic N) is 1. The Kier molecular flexibility index (Phi) is 15.7. The molecule has 0 bridgehead atoms. The highest BCUT2D eigenvalue weighted by Crippen LogP contribution is 2.50. The van der Waals surface area contributed by atoms with E-state index in [4.69, 9.17) is 32.7 Å². The summed E-state index contributed by atoms with van der Waals surface area (Å²) >= 11 is 11.9. The Hall–Kier alpha value is -3.51. The summed E-state index contributed by atoms with van der Waals surface area (Å²) in [6.07, 6.45) is 0.612. The van der Waals surface area contributed by atoms with Gasteiger partial charge in [0.1, 0.15) is 29.6 Å². The van der Waals surface area contributed by atoms with Crippen LogP contribution in [0.25, 0.3) is 0 Å². The number of benzene rings is 3. The first-order valence-electron chi connectivity index (χ1n) is 14.5. The standard InChI is InChI=1S/C22H22Cl2F2N2.C10H13NO2.C2H6.CH2O/c1-21(2,3)10-19-22(12-27,15-8-7-13(23)9-18(15)25)16(11-28-19)14-5-4-6-17(24)20(14)26;1-7(12)8-4-5-9(11-2)10(6-8)13-3;2*1-2/h4-9,16,19,28H,10-11H2,1-3H3;4-6,11H,1-3H3;1-2H3;1H2/t16?,19?,22-;;;/m1.../s1. The van der Waals surface area contributed by atoms with Gasteiger partial charge in [0.15, 0.2) is 5.78 Å². The van der Waals surface area contributed by atoms with Crippen LogP contribution in [0.2, 0.25) is 10.0 Å². The van der Waals surface area contributed by atoms with Crippen molar-refractivity contribution in [3.8, 4) is 11.8 Å². The van der Waals surface area contributed by atoms with Crippen LogP contribution in [0.3, 0.4) is 0 Å². The van der Waals surface area contributed by atoms with E-state index >= 15 is 4.39 Å². The number of hydrogen-bond acceptors (Lipinski definition) is 6. The lowest BCUT2D eigenvalue weighted by molar-refractivity contribution is -0.0980. The molecule has 0 aliphatic carbocycles. The van der Waals surface area contributed by atoms with Crippen molar-refractivity contribution in [3.63, 3.8) is 0 Å². The molecular weight excluding hydrogens is 619 g/mol. The largest absolute Gasteiger partial charge is 0.495 e. The van der Waals surface area contributed by atoms with Crippen LogP contribution in [0.15, 0.2) is 54.6 Å². The second kappa shape index (κ2) is 17.8. The zero-order valence-electron chi connectivity index (χ0n) is 27.2. The lowest BCUT2D eigenvalue weighted by Crippen LogP contribution is -2.44. The molecule has 0 spiro atoms. The molecule has 6 nitrogen and oxygen atoms in total. The first-order valence-corrected chi connectivity index (χ1v) is 15.2. The van der Waals surface area contributed by atoms with Gasteiger partial charge in [0, 0.05) is 41.7 Å². The zero-order valence-corrected chi connectivity index (χ0v) is 28.7. The number of anilines is 1. The number of nitrogens with one attached hydrogen (secondary N) is 2. The van der Waals surface area contributed by atoms with Crippen molar-refractivity contribution in [2.45, 2.75) is 65.3 Å². The second-order valence-corrected chi connectivity index (χ2v) is 12.1. The summed E-state index contributed by atoms with van der Waals surface area (Å²) in [5.41, 5.74) is 0.663. The van der Waals surface area contributed by atoms with Crippen molar-refractivity contribution in [3.05, 3.63) is 93.0 Å². The molecule has 2 unspecified atom stereocenters. The van der Waals surface area contributed by atoms with Crippen LogP contribution in [0.4, 0.5) is 14.5 Å². The highest BCUT2D eigenvalue weighted by atomic mass is 35.5. The van der Waals surface area contributed by atoms with Gasteiger partial charge in [0.05, 0.1) is 23.9 Å². The predicted molar refractivity (Wildman–Crippen MR) is 180 cm³/mol. The van der Waals surface area contributed by atoms with Crippen LogP contribution in [0, 0.1) is 28.4 Å². The number of Topliss-reactive ketones (excluding diaryl/α,β-unsaturated/α-hetero) is 1. The predicted octanol–water partition coefficient (Wildman–Crippen LogP) is 9.01. The molecular formula is C35H43Cl2F2N3O3. The van der Waals surface area contributed by atoms with Crippen LogP contribution in [0.5, 0.6) is 5.75 Å². The molecule has 2 N–H and O–H groups in total. The van der Waals surface area contributed by atoms with Gasteiger partial charge in [-0.2, -0.15) is 5.26 Å². The Labute approximate surface area is 276 Å². The van der Waals surface area contributed by atoms with E-state index in [0.29, 0.717) is 29.8 Å². The van der Waals surface area contributed by atoms with Crippen LogP contribution in [0.1, 0.15) is 75.4 Å². The Morgan fingerprint density at radius 1 is 1.13 bits per heavy atom. The number of rotatable bonds is 6. The van der Waals surface area contributed by atoms with Crippen molar-refractivity contribution in [2.24, 2.45) is 5.41 Å². The van der Waals surface area contributed by atoms with E-state index < -0.39 is 23.0 Å². The number of ketones is 1. The van der Waals surface area contributed by atoms with E-state index in [0.717, 1.165) is 5.69 Å².